The van der Waals surface area contributed by atoms with E-state index >= 15 is 0 Å². The van der Waals surface area contributed by atoms with E-state index in [2.05, 4.69) is 25.5 Å². The number of imidazole rings is 1. The van der Waals surface area contributed by atoms with Crippen molar-refractivity contribution in [1.82, 2.24) is 29.3 Å². The van der Waals surface area contributed by atoms with E-state index in [1.807, 2.05) is 25.5 Å². The van der Waals surface area contributed by atoms with Gasteiger partial charge in [0.05, 0.1) is 30.1 Å². The average Bonchev–Trinajstić information content (AvgIpc) is 2.96. The van der Waals surface area contributed by atoms with Crippen LogP contribution in [0.2, 0.25) is 0 Å². The first-order chi connectivity index (χ1) is 9.60. The Morgan fingerprint density at radius 3 is 2.75 bits per heavy atom. The van der Waals surface area contributed by atoms with Crippen LogP contribution in [0.15, 0.2) is 12.5 Å². The van der Waals surface area contributed by atoms with E-state index in [9.17, 15) is 0 Å². The van der Waals surface area contributed by atoms with Crippen molar-refractivity contribution >= 4 is 16.9 Å². The number of hydrogen-bond donors (Lipinski definition) is 2. The minimum absolute atomic E-state index is 0.544. The van der Waals surface area contributed by atoms with Gasteiger partial charge in [0.15, 0.2) is 17.3 Å². The number of fused-ring (bicyclic) bond motifs is 1. The van der Waals surface area contributed by atoms with Gasteiger partial charge >= 0.3 is 0 Å². The normalized spacial score (nSPS) is 11.2. The fourth-order valence-corrected chi connectivity index (χ4v) is 2.10. The van der Waals surface area contributed by atoms with Gasteiger partial charge in [-0.05, 0) is 13.8 Å². The third-order valence-corrected chi connectivity index (χ3v) is 3.43. The van der Waals surface area contributed by atoms with Crippen LogP contribution in [0, 0.1) is 13.8 Å². The summed E-state index contributed by atoms with van der Waals surface area (Å²) in [7, 11) is 1.84. The summed E-state index contributed by atoms with van der Waals surface area (Å²) < 4.78 is 3.71. The minimum atomic E-state index is 0.544. The van der Waals surface area contributed by atoms with Gasteiger partial charge in [-0.25, -0.2) is 20.8 Å². The molecule has 104 valence electrons. The zero-order chi connectivity index (χ0) is 14.3. The van der Waals surface area contributed by atoms with Crippen molar-refractivity contribution in [2.75, 3.05) is 5.43 Å². The molecular weight excluding hydrogens is 256 g/mol. The zero-order valence-corrected chi connectivity index (χ0v) is 11.6. The Hall–Kier alpha value is -2.48. The van der Waals surface area contributed by atoms with Crippen LogP contribution < -0.4 is 11.3 Å². The molecule has 0 aromatic carbocycles. The third-order valence-electron chi connectivity index (χ3n) is 3.43. The van der Waals surface area contributed by atoms with E-state index in [1.54, 1.807) is 17.2 Å². The molecule has 0 fully saturated rings. The molecule has 0 aliphatic heterocycles. The van der Waals surface area contributed by atoms with E-state index in [0.717, 1.165) is 22.4 Å². The number of nitrogens with one attached hydrogen (secondary N) is 1. The standard InChI is InChI=1S/C12H16N8/c1-7-8(2)20(6-14-7)5-10-16-11(18-13)9-4-15-19(3)12(9)17-10/h4,6H,5,13H2,1-3H3,(H,16,17,18). The lowest BCUT2D eigenvalue weighted by Crippen LogP contribution is -2.13. The lowest BCUT2D eigenvalue weighted by Gasteiger charge is -2.07. The smallest absolute Gasteiger partial charge is 0.163 e. The molecule has 0 atom stereocenters. The Morgan fingerprint density at radius 1 is 1.30 bits per heavy atom. The molecule has 0 bridgehead atoms. The van der Waals surface area contributed by atoms with Crippen LogP contribution in [-0.2, 0) is 13.6 Å². The highest BCUT2D eigenvalue weighted by Crippen LogP contribution is 2.19. The maximum absolute atomic E-state index is 5.52. The van der Waals surface area contributed by atoms with Gasteiger partial charge in [0.2, 0.25) is 0 Å². The number of aryl methyl sites for hydroxylation is 2. The average molecular weight is 272 g/mol. The van der Waals surface area contributed by atoms with Gasteiger partial charge in [-0.15, -0.1) is 0 Å². The number of rotatable bonds is 3. The van der Waals surface area contributed by atoms with Crippen LogP contribution in [0.1, 0.15) is 17.2 Å². The molecule has 3 N–H and O–H groups in total. The molecule has 0 aliphatic carbocycles. The van der Waals surface area contributed by atoms with Crippen LogP contribution in [0.3, 0.4) is 0 Å². The number of anilines is 1. The number of aromatic nitrogens is 6. The first kappa shape index (κ1) is 12.5. The van der Waals surface area contributed by atoms with Crippen LogP contribution in [-0.4, -0.2) is 29.3 Å². The maximum atomic E-state index is 5.52. The Balaban J connectivity index is 2.07. The maximum Gasteiger partial charge on any atom is 0.163 e. The van der Waals surface area contributed by atoms with E-state index in [1.165, 1.54) is 0 Å². The van der Waals surface area contributed by atoms with E-state index < -0.39 is 0 Å². The van der Waals surface area contributed by atoms with Gasteiger partial charge in [0.1, 0.15) is 0 Å². The highest BCUT2D eigenvalue weighted by Gasteiger charge is 2.12. The number of nitrogens with two attached hydrogens (primary N) is 1. The highest BCUT2D eigenvalue weighted by atomic mass is 15.3. The second-order valence-electron chi connectivity index (χ2n) is 4.68. The number of hydrazine groups is 1. The van der Waals surface area contributed by atoms with Gasteiger partial charge in [-0.1, -0.05) is 0 Å². The summed E-state index contributed by atoms with van der Waals surface area (Å²) in [5, 5.41) is 4.98. The van der Waals surface area contributed by atoms with Gasteiger partial charge in [-0.2, -0.15) is 5.10 Å². The van der Waals surface area contributed by atoms with Crippen molar-refractivity contribution in [2.45, 2.75) is 20.4 Å². The van der Waals surface area contributed by atoms with Crippen molar-refractivity contribution in [2.24, 2.45) is 12.9 Å². The van der Waals surface area contributed by atoms with Gasteiger partial charge in [-0.3, -0.25) is 4.68 Å². The second-order valence-corrected chi connectivity index (χ2v) is 4.68. The molecule has 0 aliphatic rings. The van der Waals surface area contributed by atoms with Crippen LogP contribution >= 0.6 is 0 Å². The molecular formula is C12H16N8. The summed E-state index contributed by atoms with van der Waals surface area (Å²) in [4.78, 5) is 13.2. The molecule has 8 nitrogen and oxygen atoms in total. The summed E-state index contributed by atoms with van der Waals surface area (Å²) in [6, 6.07) is 0. The number of nitrogens with zero attached hydrogens (tertiary/aromatic N) is 6. The molecule has 20 heavy (non-hydrogen) atoms. The minimum Gasteiger partial charge on any atom is -0.327 e. The molecule has 8 heteroatoms. The summed E-state index contributed by atoms with van der Waals surface area (Å²) in [5.74, 6) is 6.76. The van der Waals surface area contributed by atoms with Gasteiger partial charge in [0.25, 0.3) is 0 Å². The predicted molar refractivity (Wildman–Crippen MR) is 74.9 cm³/mol. The van der Waals surface area contributed by atoms with Crippen molar-refractivity contribution in [3.05, 3.63) is 29.7 Å². The molecule has 0 unspecified atom stereocenters. The molecule has 0 radical (unpaired) electrons. The lowest BCUT2D eigenvalue weighted by molar-refractivity contribution is 0.718. The van der Waals surface area contributed by atoms with Crippen molar-refractivity contribution < 1.29 is 0 Å². The Labute approximate surface area is 115 Å². The van der Waals surface area contributed by atoms with Crippen molar-refractivity contribution in [1.29, 1.82) is 0 Å². The molecule has 3 heterocycles. The summed E-state index contributed by atoms with van der Waals surface area (Å²) in [6.45, 7) is 4.54. The fourth-order valence-electron chi connectivity index (χ4n) is 2.10. The summed E-state index contributed by atoms with van der Waals surface area (Å²) in [5.41, 5.74) is 5.45. The van der Waals surface area contributed by atoms with E-state index in [0.29, 0.717) is 18.2 Å². The predicted octanol–water partition coefficient (Wildman–Crippen LogP) is 0.511. The molecule has 3 rings (SSSR count). The Bertz CT molecular complexity index is 769. The van der Waals surface area contributed by atoms with Crippen LogP contribution in [0.5, 0.6) is 0 Å². The monoisotopic (exact) mass is 272 g/mol. The largest absolute Gasteiger partial charge is 0.327 e. The summed E-state index contributed by atoms with van der Waals surface area (Å²) in [6.07, 6.45) is 3.48. The molecule has 0 saturated carbocycles. The van der Waals surface area contributed by atoms with E-state index in [-0.39, 0.29) is 0 Å². The molecule has 0 spiro atoms. The first-order valence-corrected chi connectivity index (χ1v) is 6.23. The fraction of sp³-hybridized carbons (Fsp3) is 0.333. The number of nitrogen functional groups attached to an aromatic ring is 1. The molecule has 3 aromatic heterocycles. The van der Waals surface area contributed by atoms with Crippen molar-refractivity contribution in [3.8, 4) is 0 Å². The zero-order valence-electron chi connectivity index (χ0n) is 11.6. The Kier molecular flexibility index (Phi) is 2.87. The van der Waals surface area contributed by atoms with Crippen LogP contribution in [0.25, 0.3) is 11.0 Å². The van der Waals surface area contributed by atoms with Crippen LogP contribution in [0.4, 0.5) is 5.82 Å². The first-order valence-electron chi connectivity index (χ1n) is 6.23. The topological polar surface area (TPSA) is 99.5 Å². The number of hydrogen-bond acceptors (Lipinski definition) is 6. The second kappa shape index (κ2) is 4.57. The highest BCUT2D eigenvalue weighted by molar-refractivity contribution is 5.86. The van der Waals surface area contributed by atoms with Gasteiger partial charge < -0.3 is 9.99 Å². The van der Waals surface area contributed by atoms with Gasteiger partial charge in [0, 0.05) is 12.7 Å². The summed E-state index contributed by atoms with van der Waals surface area (Å²) >= 11 is 0. The van der Waals surface area contributed by atoms with Crippen molar-refractivity contribution in [3.63, 3.8) is 0 Å². The van der Waals surface area contributed by atoms with E-state index in [4.69, 9.17) is 5.84 Å². The molecule has 0 saturated heterocycles. The quantitative estimate of drug-likeness (QED) is 0.532. The SMILES string of the molecule is Cc1ncn(Cc2nc(NN)c3cnn(C)c3n2)c1C. The third kappa shape index (κ3) is 1.90. The molecule has 0 amide bonds. The molecule has 3 aromatic rings. The Morgan fingerprint density at radius 2 is 2.10 bits per heavy atom. The lowest BCUT2D eigenvalue weighted by atomic mass is 10.3.